The van der Waals surface area contributed by atoms with Crippen LogP contribution in [0.2, 0.25) is 0 Å². The van der Waals surface area contributed by atoms with E-state index in [0.717, 1.165) is 0 Å². The molecule has 3 aromatic rings. The fraction of sp³-hybridized carbons (Fsp3) is 0.517. The average Bonchev–Trinajstić information content (AvgIpc) is 3.68. The zero-order valence-corrected chi connectivity index (χ0v) is 25.1. The first kappa shape index (κ1) is 29.6. The number of amides is 1. The highest BCUT2D eigenvalue weighted by Crippen LogP contribution is 2.40. The minimum absolute atomic E-state index is 0.0927. The summed E-state index contributed by atoms with van der Waals surface area (Å²) < 4.78 is 23.7. The van der Waals surface area contributed by atoms with Crippen LogP contribution in [-0.2, 0) is 14.3 Å². The van der Waals surface area contributed by atoms with Crippen molar-refractivity contribution in [2.75, 3.05) is 56.3 Å². The molecule has 234 valence electrons. The number of ether oxygens (including phenoxy) is 4. The molecule has 3 fully saturated rings. The van der Waals surface area contributed by atoms with Crippen molar-refractivity contribution >= 4 is 23.7 Å². The van der Waals surface area contributed by atoms with Crippen molar-refractivity contribution in [3.63, 3.8) is 0 Å². The fourth-order valence-electron chi connectivity index (χ4n) is 5.67. The number of carbonyl (C=O) groups excluding carboxylic acids is 1. The fourth-order valence-corrected chi connectivity index (χ4v) is 5.67. The molecule has 0 saturated carbocycles. The van der Waals surface area contributed by atoms with Crippen LogP contribution in [0, 0.1) is 6.92 Å². The number of carboxylic acid groups (broad SMARTS) is 1. The Bertz CT molecular complexity index is 1520. The Hall–Kier alpha value is -4.50. The van der Waals surface area contributed by atoms with Crippen molar-refractivity contribution in [2.24, 2.45) is 0 Å². The number of hydrogen-bond donors (Lipinski definition) is 2. The van der Waals surface area contributed by atoms with Crippen LogP contribution in [0.1, 0.15) is 26.1 Å². The van der Waals surface area contributed by atoms with E-state index in [4.69, 9.17) is 18.9 Å². The quantitative estimate of drug-likeness (QED) is 0.382. The molecule has 0 radical (unpaired) electrons. The van der Waals surface area contributed by atoms with E-state index in [1.807, 2.05) is 19.1 Å². The summed E-state index contributed by atoms with van der Waals surface area (Å²) in [6.45, 7) is 8.30. The van der Waals surface area contributed by atoms with Crippen molar-refractivity contribution in [1.82, 2.24) is 29.8 Å². The average molecular weight is 609 g/mol. The second-order valence-electron chi connectivity index (χ2n) is 11.2. The van der Waals surface area contributed by atoms with Gasteiger partial charge in [-0.25, -0.2) is 19.6 Å². The number of rotatable bonds is 8. The summed E-state index contributed by atoms with van der Waals surface area (Å²) in [6.07, 6.45) is 2.32. The van der Waals surface area contributed by atoms with Crippen LogP contribution in [0.15, 0.2) is 30.6 Å². The number of aromatic amines is 1. The molecule has 6 rings (SSSR count). The van der Waals surface area contributed by atoms with E-state index in [-0.39, 0.29) is 30.7 Å². The Morgan fingerprint density at radius 1 is 1.25 bits per heavy atom. The minimum Gasteiger partial charge on any atom is -0.480 e. The highest BCUT2D eigenvalue weighted by Gasteiger charge is 2.50. The largest absolute Gasteiger partial charge is 0.480 e. The number of morpholine rings is 1. The van der Waals surface area contributed by atoms with Crippen LogP contribution in [0.25, 0.3) is 11.5 Å². The molecule has 0 aromatic carbocycles. The van der Waals surface area contributed by atoms with Gasteiger partial charge in [-0.2, -0.15) is 9.97 Å². The topological polar surface area (TPSA) is 168 Å². The summed E-state index contributed by atoms with van der Waals surface area (Å²) in [6, 6.07) is 4.39. The number of H-pyrrole nitrogens is 1. The zero-order valence-electron chi connectivity index (χ0n) is 25.1. The van der Waals surface area contributed by atoms with Crippen LogP contribution >= 0.6 is 0 Å². The molecule has 6 heterocycles. The van der Waals surface area contributed by atoms with Gasteiger partial charge in [0.2, 0.25) is 11.8 Å². The molecule has 0 unspecified atom stereocenters. The lowest BCUT2D eigenvalue weighted by Gasteiger charge is -2.53. The lowest BCUT2D eigenvalue weighted by atomic mass is 9.90. The number of aryl methyl sites for hydroxylation is 1. The van der Waals surface area contributed by atoms with Gasteiger partial charge in [0.1, 0.15) is 29.3 Å². The van der Waals surface area contributed by atoms with Gasteiger partial charge >= 0.3 is 12.1 Å². The lowest BCUT2D eigenvalue weighted by Crippen LogP contribution is -2.68. The first-order valence-corrected chi connectivity index (χ1v) is 14.6. The van der Waals surface area contributed by atoms with Crippen molar-refractivity contribution in [3.05, 3.63) is 36.4 Å². The first-order valence-electron chi connectivity index (χ1n) is 14.6. The molecule has 2 N–H and O–H groups in total. The van der Waals surface area contributed by atoms with Crippen LogP contribution in [-0.4, -0.2) is 117 Å². The number of hydrogen-bond acceptors (Lipinski definition) is 12. The molecule has 3 aliphatic heterocycles. The van der Waals surface area contributed by atoms with Crippen LogP contribution in [0.3, 0.4) is 0 Å². The van der Waals surface area contributed by atoms with E-state index in [0.29, 0.717) is 61.8 Å². The van der Waals surface area contributed by atoms with Crippen molar-refractivity contribution in [1.29, 1.82) is 0 Å². The summed E-state index contributed by atoms with van der Waals surface area (Å²) in [5.74, 6) is 0.691. The maximum Gasteiger partial charge on any atom is 0.415 e. The van der Waals surface area contributed by atoms with Gasteiger partial charge in [-0.05, 0) is 32.9 Å². The molecule has 3 aromatic heterocycles. The van der Waals surface area contributed by atoms with Crippen LogP contribution in [0.5, 0.6) is 11.6 Å². The van der Waals surface area contributed by atoms with Gasteiger partial charge in [-0.1, -0.05) is 0 Å². The monoisotopic (exact) mass is 608 g/mol. The van der Waals surface area contributed by atoms with Gasteiger partial charge in [0.05, 0.1) is 44.3 Å². The van der Waals surface area contributed by atoms with Crippen molar-refractivity contribution in [2.45, 2.75) is 51.0 Å². The Kier molecular flexibility index (Phi) is 7.98. The number of aromatic nitrogens is 5. The molecule has 0 aliphatic carbocycles. The minimum atomic E-state index is -1.01. The van der Waals surface area contributed by atoms with E-state index in [1.165, 1.54) is 11.1 Å². The van der Waals surface area contributed by atoms with Crippen LogP contribution < -0.4 is 19.3 Å². The normalized spacial score (nSPS) is 22.5. The van der Waals surface area contributed by atoms with Crippen LogP contribution in [0.4, 0.5) is 16.4 Å². The highest BCUT2D eigenvalue weighted by molar-refractivity contribution is 5.78. The third-order valence-corrected chi connectivity index (χ3v) is 8.41. The summed E-state index contributed by atoms with van der Waals surface area (Å²) in [4.78, 5) is 51.2. The molecule has 1 amide bonds. The Labute approximate surface area is 254 Å². The number of nitrogens with zero attached hydrogens (tertiary/aromatic N) is 7. The van der Waals surface area contributed by atoms with E-state index in [2.05, 4.69) is 36.7 Å². The molecule has 0 bridgehead atoms. The molecule has 15 nitrogen and oxygen atoms in total. The molecule has 1 spiro atoms. The predicted octanol–water partition coefficient (Wildman–Crippen LogP) is 2.13. The van der Waals surface area contributed by atoms with E-state index in [9.17, 15) is 14.7 Å². The number of anilines is 2. The first-order chi connectivity index (χ1) is 21.2. The number of carbonyl (C=O) groups is 2. The maximum absolute atomic E-state index is 12.5. The highest BCUT2D eigenvalue weighted by atomic mass is 16.6. The molecule has 3 saturated heterocycles. The smallest absolute Gasteiger partial charge is 0.415 e. The number of pyridine rings is 1. The second-order valence-corrected chi connectivity index (χ2v) is 11.2. The van der Waals surface area contributed by atoms with Gasteiger partial charge in [-0.15, -0.1) is 0 Å². The van der Waals surface area contributed by atoms with Gasteiger partial charge in [-0.3, -0.25) is 0 Å². The van der Waals surface area contributed by atoms with E-state index in [1.54, 1.807) is 31.1 Å². The maximum atomic E-state index is 12.5. The molecule has 3 aliphatic rings. The van der Waals surface area contributed by atoms with Crippen molar-refractivity contribution < 1.29 is 33.6 Å². The Morgan fingerprint density at radius 3 is 2.75 bits per heavy atom. The predicted molar refractivity (Wildman–Crippen MR) is 157 cm³/mol. The number of aliphatic carboxylic acids is 1. The molecular formula is C29H36N8O7. The van der Waals surface area contributed by atoms with Crippen molar-refractivity contribution in [3.8, 4) is 23.1 Å². The number of nitrogens with one attached hydrogen (secondary N) is 1. The van der Waals surface area contributed by atoms with Gasteiger partial charge in [0.15, 0.2) is 11.6 Å². The van der Waals surface area contributed by atoms with Gasteiger partial charge < -0.3 is 43.7 Å². The standard InChI is InChI=1S/C29H36N8O7/c1-5-35(4)28(40)44-19-11-22(36-9-10-42-29(17(36)2)15-41-16-29)25(31-13-19)43-20-12-23(26(38)39)37(14-20)27-33-18(3)32-24(34-27)21-7-6-8-30-21/h6-8,11,13,17,20,23,30H,5,9-10,12,14-16H2,1-4H3,(H,38,39)/t17-,20-,23-/m0/s1. The third kappa shape index (κ3) is 5.59. The summed E-state index contributed by atoms with van der Waals surface area (Å²) in [5, 5.41) is 10.1. The summed E-state index contributed by atoms with van der Waals surface area (Å²) in [7, 11) is 1.65. The van der Waals surface area contributed by atoms with Gasteiger partial charge in [0.25, 0.3) is 0 Å². The molecule has 3 atom stereocenters. The Morgan fingerprint density at radius 2 is 2.07 bits per heavy atom. The molecular weight excluding hydrogens is 572 g/mol. The van der Waals surface area contributed by atoms with E-state index < -0.39 is 29.8 Å². The zero-order chi connectivity index (χ0) is 31.0. The SMILES string of the molecule is CCN(C)C(=O)Oc1cnc(O[C@H]2C[C@@H](C(=O)O)N(c3nc(C)nc(-c4ccc[nH]4)n3)C2)c(N2CCOC3(COC3)[C@@H]2C)c1. The number of carboxylic acids is 1. The lowest BCUT2D eigenvalue weighted by molar-refractivity contribution is -0.228. The summed E-state index contributed by atoms with van der Waals surface area (Å²) >= 11 is 0. The van der Waals surface area contributed by atoms with Gasteiger partial charge in [0, 0.05) is 38.8 Å². The second kappa shape index (κ2) is 11.9. The molecule has 44 heavy (non-hydrogen) atoms. The summed E-state index contributed by atoms with van der Waals surface area (Å²) in [5.41, 5.74) is 0.855. The molecule has 15 heteroatoms. The third-order valence-electron chi connectivity index (χ3n) is 8.41. The Balaban J connectivity index is 1.29. The van der Waals surface area contributed by atoms with E-state index >= 15 is 0 Å².